The van der Waals surface area contributed by atoms with Crippen molar-refractivity contribution < 1.29 is 9.59 Å². The number of aromatic amines is 1. The van der Waals surface area contributed by atoms with E-state index in [0.717, 1.165) is 42.8 Å². The first-order chi connectivity index (χ1) is 17.1. The Morgan fingerprint density at radius 1 is 0.886 bits per heavy atom. The summed E-state index contributed by atoms with van der Waals surface area (Å²) in [5.74, 6) is 1.96. The van der Waals surface area contributed by atoms with Crippen LogP contribution in [0.15, 0.2) is 73.1 Å². The summed E-state index contributed by atoms with van der Waals surface area (Å²) in [6.45, 7) is 3.40. The topological polar surface area (TPSA) is 90.1 Å². The highest BCUT2D eigenvalue weighted by atomic mass is 32.2. The van der Waals surface area contributed by atoms with Crippen molar-refractivity contribution >= 4 is 46.0 Å². The van der Waals surface area contributed by atoms with E-state index in [1.165, 1.54) is 17.1 Å². The molecule has 5 rings (SSSR count). The van der Waals surface area contributed by atoms with E-state index in [9.17, 15) is 9.59 Å². The number of hydrogen-bond donors (Lipinski definition) is 3. The molecule has 2 heterocycles. The van der Waals surface area contributed by atoms with E-state index in [2.05, 4.69) is 37.6 Å². The molecule has 0 spiro atoms. The molecular formula is C27H27N5O2S. The number of thioether (sulfide) groups is 1. The molecule has 1 fully saturated rings. The fourth-order valence-corrected chi connectivity index (χ4v) is 5.07. The molecule has 0 aliphatic carbocycles. The van der Waals surface area contributed by atoms with E-state index < -0.39 is 0 Å². The third-order valence-electron chi connectivity index (χ3n) is 6.10. The van der Waals surface area contributed by atoms with Gasteiger partial charge in [0.15, 0.2) is 0 Å². The summed E-state index contributed by atoms with van der Waals surface area (Å²) in [7, 11) is 0. The molecule has 3 aromatic carbocycles. The Balaban J connectivity index is 1.18. The molecule has 1 saturated heterocycles. The van der Waals surface area contributed by atoms with Crippen molar-refractivity contribution in [3.05, 3.63) is 89.7 Å². The second-order valence-electron chi connectivity index (χ2n) is 8.52. The van der Waals surface area contributed by atoms with Crippen molar-refractivity contribution in [2.45, 2.75) is 6.42 Å². The van der Waals surface area contributed by atoms with Gasteiger partial charge in [0.2, 0.25) is 0 Å². The molecule has 0 atom stereocenters. The maximum atomic E-state index is 12.8. The van der Waals surface area contributed by atoms with Crippen LogP contribution in [0.4, 0.5) is 11.4 Å². The predicted octanol–water partition coefficient (Wildman–Crippen LogP) is 4.66. The highest BCUT2D eigenvalue weighted by molar-refractivity contribution is 7.99. The minimum atomic E-state index is -0.252. The number of carbonyl (C=O) groups is 2. The van der Waals surface area contributed by atoms with Gasteiger partial charge in [-0.2, -0.15) is 11.8 Å². The number of carbonyl (C=O) groups excluding carboxylic acids is 2. The van der Waals surface area contributed by atoms with Crippen molar-refractivity contribution in [3.63, 3.8) is 0 Å². The number of imidazole rings is 1. The largest absolute Gasteiger partial charge is 0.345 e. The maximum absolute atomic E-state index is 12.8. The number of anilines is 2. The number of rotatable bonds is 7. The molecule has 7 nitrogen and oxygen atoms in total. The van der Waals surface area contributed by atoms with Crippen LogP contribution in [0.25, 0.3) is 11.0 Å². The van der Waals surface area contributed by atoms with E-state index in [4.69, 9.17) is 0 Å². The fourth-order valence-electron chi connectivity index (χ4n) is 4.09. The monoisotopic (exact) mass is 485 g/mol. The lowest BCUT2D eigenvalue weighted by Gasteiger charge is -2.26. The Morgan fingerprint density at radius 2 is 1.63 bits per heavy atom. The summed E-state index contributed by atoms with van der Waals surface area (Å²) in [5, 5.41) is 5.81. The second kappa shape index (κ2) is 10.8. The lowest BCUT2D eigenvalue weighted by atomic mass is 10.1. The molecule has 2 amide bonds. The van der Waals surface area contributed by atoms with E-state index in [1.807, 2.05) is 23.9 Å². The summed E-state index contributed by atoms with van der Waals surface area (Å²) < 4.78 is 0. The van der Waals surface area contributed by atoms with Gasteiger partial charge < -0.3 is 20.5 Å². The van der Waals surface area contributed by atoms with Gasteiger partial charge in [0.1, 0.15) is 0 Å². The number of benzene rings is 3. The Morgan fingerprint density at radius 3 is 2.43 bits per heavy atom. The fraction of sp³-hybridized carbons (Fsp3) is 0.222. The smallest absolute Gasteiger partial charge is 0.255 e. The molecule has 0 unspecified atom stereocenters. The Labute approximate surface area is 208 Å². The van der Waals surface area contributed by atoms with Crippen molar-refractivity contribution in [3.8, 4) is 0 Å². The van der Waals surface area contributed by atoms with Crippen LogP contribution in [0.5, 0.6) is 0 Å². The van der Waals surface area contributed by atoms with Gasteiger partial charge in [-0.15, -0.1) is 0 Å². The van der Waals surface area contributed by atoms with Crippen LogP contribution in [0.2, 0.25) is 0 Å². The minimum Gasteiger partial charge on any atom is -0.345 e. The molecule has 3 N–H and O–H groups in total. The first-order valence-corrected chi connectivity index (χ1v) is 12.8. The maximum Gasteiger partial charge on any atom is 0.255 e. The van der Waals surface area contributed by atoms with Gasteiger partial charge in [0.05, 0.1) is 17.4 Å². The van der Waals surface area contributed by atoms with E-state index in [1.54, 1.807) is 48.8 Å². The standard InChI is InChI=1S/C27H27N5O2S/c33-26(30-22-7-4-19(5-8-22)10-11-32-12-14-35-15-13-32)20-2-1-3-23(16-20)31-27(34)21-6-9-24-25(17-21)29-18-28-24/h1-9,16-18H,10-15H2,(H,28,29)(H,30,33)(H,31,34). The van der Waals surface area contributed by atoms with Crippen molar-refractivity contribution in [2.24, 2.45) is 0 Å². The number of nitrogens with one attached hydrogen (secondary N) is 3. The summed E-state index contributed by atoms with van der Waals surface area (Å²) in [4.78, 5) is 35.2. The Bertz CT molecular complexity index is 1330. The van der Waals surface area contributed by atoms with Crippen molar-refractivity contribution in [2.75, 3.05) is 41.8 Å². The average Bonchev–Trinajstić information content (AvgIpc) is 3.37. The zero-order valence-electron chi connectivity index (χ0n) is 19.3. The molecule has 0 bridgehead atoms. The molecule has 178 valence electrons. The van der Waals surface area contributed by atoms with Gasteiger partial charge in [0.25, 0.3) is 11.8 Å². The number of hydrogen-bond acceptors (Lipinski definition) is 5. The van der Waals surface area contributed by atoms with Crippen LogP contribution in [-0.4, -0.2) is 57.8 Å². The summed E-state index contributed by atoms with van der Waals surface area (Å²) in [5.41, 5.74) is 5.14. The van der Waals surface area contributed by atoms with E-state index in [-0.39, 0.29) is 11.8 Å². The highest BCUT2D eigenvalue weighted by Crippen LogP contribution is 2.18. The number of fused-ring (bicyclic) bond motifs is 1. The second-order valence-corrected chi connectivity index (χ2v) is 9.75. The normalized spacial score (nSPS) is 14.1. The summed E-state index contributed by atoms with van der Waals surface area (Å²) >= 11 is 2.02. The third-order valence-corrected chi connectivity index (χ3v) is 7.04. The minimum absolute atomic E-state index is 0.224. The predicted molar refractivity (Wildman–Crippen MR) is 142 cm³/mol. The van der Waals surface area contributed by atoms with Crippen LogP contribution in [0.3, 0.4) is 0 Å². The summed E-state index contributed by atoms with van der Waals surface area (Å²) in [6, 6.07) is 20.2. The first-order valence-electron chi connectivity index (χ1n) is 11.7. The number of amides is 2. The average molecular weight is 486 g/mol. The zero-order chi connectivity index (χ0) is 24.0. The Hall–Kier alpha value is -3.62. The van der Waals surface area contributed by atoms with Crippen molar-refractivity contribution in [1.29, 1.82) is 0 Å². The zero-order valence-corrected chi connectivity index (χ0v) is 20.1. The third kappa shape index (κ3) is 5.90. The van der Waals surface area contributed by atoms with Crippen LogP contribution >= 0.6 is 11.8 Å². The SMILES string of the molecule is O=C(Nc1ccc(CCN2CCSCC2)cc1)c1cccc(NC(=O)c2ccc3nc[nH]c3c2)c1. The van der Waals surface area contributed by atoms with E-state index in [0.29, 0.717) is 16.8 Å². The molecule has 35 heavy (non-hydrogen) atoms. The van der Waals surface area contributed by atoms with Crippen LogP contribution in [-0.2, 0) is 6.42 Å². The quantitative estimate of drug-likeness (QED) is 0.354. The number of H-pyrrole nitrogens is 1. The van der Waals surface area contributed by atoms with Gasteiger partial charge in [-0.25, -0.2) is 4.98 Å². The van der Waals surface area contributed by atoms with Gasteiger partial charge >= 0.3 is 0 Å². The number of aromatic nitrogens is 2. The van der Waals surface area contributed by atoms with Crippen LogP contribution < -0.4 is 10.6 Å². The Kier molecular flexibility index (Phi) is 7.11. The van der Waals surface area contributed by atoms with Crippen molar-refractivity contribution in [1.82, 2.24) is 14.9 Å². The van der Waals surface area contributed by atoms with Crippen LogP contribution in [0, 0.1) is 0 Å². The molecule has 8 heteroatoms. The number of nitrogens with zero attached hydrogens (tertiary/aromatic N) is 2. The molecule has 4 aromatic rings. The molecule has 0 saturated carbocycles. The lowest BCUT2D eigenvalue weighted by Crippen LogP contribution is -2.34. The molecule has 1 aliphatic rings. The van der Waals surface area contributed by atoms with E-state index >= 15 is 0 Å². The van der Waals surface area contributed by atoms with Gasteiger partial charge in [-0.1, -0.05) is 18.2 Å². The van der Waals surface area contributed by atoms with Gasteiger partial charge in [-0.3, -0.25) is 9.59 Å². The highest BCUT2D eigenvalue weighted by Gasteiger charge is 2.12. The van der Waals surface area contributed by atoms with Crippen LogP contribution in [0.1, 0.15) is 26.3 Å². The molecule has 0 radical (unpaired) electrons. The molecule has 1 aliphatic heterocycles. The first kappa shape index (κ1) is 23.1. The van der Waals surface area contributed by atoms with Gasteiger partial charge in [0, 0.05) is 53.6 Å². The van der Waals surface area contributed by atoms with Gasteiger partial charge in [-0.05, 0) is 60.5 Å². The lowest BCUT2D eigenvalue weighted by molar-refractivity contribution is 0.101. The molecule has 1 aromatic heterocycles. The molecular weight excluding hydrogens is 458 g/mol. The summed E-state index contributed by atoms with van der Waals surface area (Å²) in [6.07, 6.45) is 2.60.